The molecule has 0 aliphatic carbocycles. The summed E-state index contributed by atoms with van der Waals surface area (Å²) in [6, 6.07) is 12.1. The second-order valence-corrected chi connectivity index (χ2v) is 5.96. The van der Waals surface area contributed by atoms with Crippen molar-refractivity contribution in [3.05, 3.63) is 75.3 Å². The molecule has 2 rings (SSSR count). The molecule has 2 nitrogen and oxygen atoms in total. The third-order valence-electron chi connectivity index (χ3n) is 3.71. The van der Waals surface area contributed by atoms with Crippen LogP contribution in [0.2, 0.25) is 5.02 Å². The molecular weight excluding hydrogens is 308 g/mol. The SMILES string of the molecule is CCOC(=O)C=Cc1cc(C)c(Cc2ccc(Cl)cc2)c(C)c1. The Morgan fingerprint density at radius 1 is 1.13 bits per heavy atom. The Morgan fingerprint density at radius 3 is 2.30 bits per heavy atom. The van der Waals surface area contributed by atoms with Gasteiger partial charge in [0.1, 0.15) is 0 Å². The number of halogens is 1. The first-order valence-corrected chi connectivity index (χ1v) is 8.06. The monoisotopic (exact) mass is 328 g/mol. The van der Waals surface area contributed by atoms with Crippen LogP contribution in [0.1, 0.15) is 34.7 Å². The van der Waals surface area contributed by atoms with Crippen LogP contribution in [0.5, 0.6) is 0 Å². The smallest absolute Gasteiger partial charge is 0.330 e. The zero-order valence-corrected chi connectivity index (χ0v) is 14.5. The molecule has 3 heteroatoms. The van der Waals surface area contributed by atoms with E-state index in [1.807, 2.05) is 12.1 Å². The molecule has 0 heterocycles. The van der Waals surface area contributed by atoms with Crippen LogP contribution >= 0.6 is 11.6 Å². The molecule has 0 fully saturated rings. The summed E-state index contributed by atoms with van der Waals surface area (Å²) in [6.45, 7) is 6.38. The maximum absolute atomic E-state index is 11.4. The van der Waals surface area contributed by atoms with Gasteiger partial charge in [0.25, 0.3) is 0 Å². The van der Waals surface area contributed by atoms with Crippen molar-refractivity contribution >= 4 is 23.6 Å². The normalized spacial score (nSPS) is 11.0. The average Bonchev–Trinajstić information content (AvgIpc) is 2.51. The minimum absolute atomic E-state index is 0.312. The number of hydrogen-bond acceptors (Lipinski definition) is 2. The number of carbonyl (C=O) groups is 1. The summed E-state index contributed by atoms with van der Waals surface area (Å²) >= 11 is 5.94. The molecule has 2 aromatic carbocycles. The lowest BCUT2D eigenvalue weighted by Gasteiger charge is -2.12. The highest BCUT2D eigenvalue weighted by Gasteiger charge is 2.06. The van der Waals surface area contributed by atoms with Gasteiger partial charge in [-0.2, -0.15) is 0 Å². The maximum atomic E-state index is 11.4. The van der Waals surface area contributed by atoms with Gasteiger partial charge in [-0.25, -0.2) is 4.79 Å². The summed E-state index contributed by atoms with van der Waals surface area (Å²) in [5.74, 6) is -0.312. The van der Waals surface area contributed by atoms with Crippen LogP contribution in [0.15, 0.2) is 42.5 Å². The molecule has 120 valence electrons. The number of carbonyl (C=O) groups excluding carboxylic acids is 1. The van der Waals surface area contributed by atoms with E-state index in [2.05, 4.69) is 38.1 Å². The van der Waals surface area contributed by atoms with Gasteiger partial charge >= 0.3 is 5.97 Å². The van der Waals surface area contributed by atoms with E-state index in [0.717, 1.165) is 17.0 Å². The second-order valence-electron chi connectivity index (χ2n) is 5.52. The van der Waals surface area contributed by atoms with Gasteiger partial charge in [-0.3, -0.25) is 0 Å². The van der Waals surface area contributed by atoms with E-state index < -0.39 is 0 Å². The van der Waals surface area contributed by atoms with Gasteiger partial charge in [-0.1, -0.05) is 35.9 Å². The first-order valence-electron chi connectivity index (χ1n) is 7.69. The first kappa shape index (κ1) is 17.3. The van der Waals surface area contributed by atoms with Crippen LogP contribution in [0.4, 0.5) is 0 Å². The highest BCUT2D eigenvalue weighted by atomic mass is 35.5. The van der Waals surface area contributed by atoms with E-state index in [-0.39, 0.29) is 5.97 Å². The van der Waals surface area contributed by atoms with E-state index in [1.165, 1.54) is 28.3 Å². The topological polar surface area (TPSA) is 26.3 Å². The van der Waals surface area contributed by atoms with Crippen LogP contribution in [-0.4, -0.2) is 12.6 Å². The Hall–Kier alpha value is -2.06. The van der Waals surface area contributed by atoms with Crippen molar-refractivity contribution in [3.8, 4) is 0 Å². The fraction of sp³-hybridized carbons (Fsp3) is 0.250. The maximum Gasteiger partial charge on any atom is 0.330 e. The summed E-state index contributed by atoms with van der Waals surface area (Å²) < 4.78 is 4.90. The molecular formula is C20H21ClO2. The van der Waals surface area contributed by atoms with Gasteiger partial charge in [0, 0.05) is 11.1 Å². The molecule has 0 bridgehead atoms. The van der Waals surface area contributed by atoms with Crippen molar-refractivity contribution in [2.75, 3.05) is 6.61 Å². The minimum atomic E-state index is -0.312. The van der Waals surface area contributed by atoms with Crippen LogP contribution in [-0.2, 0) is 16.0 Å². The van der Waals surface area contributed by atoms with Crippen molar-refractivity contribution in [1.29, 1.82) is 0 Å². The molecule has 23 heavy (non-hydrogen) atoms. The van der Waals surface area contributed by atoms with E-state index in [4.69, 9.17) is 16.3 Å². The molecule has 0 aliphatic rings. The largest absolute Gasteiger partial charge is 0.463 e. The third kappa shape index (κ3) is 4.97. The Bertz CT molecular complexity index is 692. The molecule has 0 aromatic heterocycles. The van der Waals surface area contributed by atoms with Gasteiger partial charge in [-0.15, -0.1) is 0 Å². The molecule has 0 unspecified atom stereocenters. The predicted molar refractivity (Wildman–Crippen MR) is 95.8 cm³/mol. The summed E-state index contributed by atoms with van der Waals surface area (Å²) in [4.78, 5) is 11.4. The van der Waals surface area contributed by atoms with Crippen molar-refractivity contribution in [1.82, 2.24) is 0 Å². The Labute approximate surface area is 142 Å². The summed E-state index contributed by atoms with van der Waals surface area (Å²) in [5.41, 5.74) is 5.97. The van der Waals surface area contributed by atoms with Gasteiger partial charge in [0.2, 0.25) is 0 Å². The van der Waals surface area contributed by atoms with Gasteiger partial charge in [-0.05, 0) is 73.2 Å². The second kappa shape index (κ2) is 7.98. The Morgan fingerprint density at radius 2 is 1.74 bits per heavy atom. The van der Waals surface area contributed by atoms with Crippen LogP contribution in [0.25, 0.3) is 6.08 Å². The van der Waals surface area contributed by atoms with E-state index in [9.17, 15) is 4.79 Å². The van der Waals surface area contributed by atoms with Crippen molar-refractivity contribution in [2.45, 2.75) is 27.2 Å². The molecule has 0 aliphatic heterocycles. The van der Waals surface area contributed by atoms with Gasteiger partial charge in [0.05, 0.1) is 6.61 Å². The lowest BCUT2D eigenvalue weighted by molar-refractivity contribution is -0.137. The number of aryl methyl sites for hydroxylation is 2. The van der Waals surface area contributed by atoms with Crippen molar-refractivity contribution in [3.63, 3.8) is 0 Å². The fourth-order valence-corrected chi connectivity index (χ4v) is 2.69. The van der Waals surface area contributed by atoms with Crippen LogP contribution < -0.4 is 0 Å². The van der Waals surface area contributed by atoms with Crippen molar-refractivity contribution < 1.29 is 9.53 Å². The number of hydrogen-bond donors (Lipinski definition) is 0. The molecule has 0 N–H and O–H groups in total. The van der Waals surface area contributed by atoms with Gasteiger partial charge in [0.15, 0.2) is 0 Å². The number of benzene rings is 2. The minimum Gasteiger partial charge on any atom is -0.463 e. The summed E-state index contributed by atoms with van der Waals surface area (Å²) in [7, 11) is 0. The van der Waals surface area contributed by atoms with Crippen molar-refractivity contribution in [2.24, 2.45) is 0 Å². The summed E-state index contributed by atoms with van der Waals surface area (Å²) in [5, 5.41) is 0.752. The van der Waals surface area contributed by atoms with Crippen LogP contribution in [0.3, 0.4) is 0 Å². The molecule has 0 amide bonds. The fourth-order valence-electron chi connectivity index (χ4n) is 2.56. The zero-order valence-electron chi connectivity index (χ0n) is 13.7. The quantitative estimate of drug-likeness (QED) is 0.562. The molecule has 0 saturated carbocycles. The van der Waals surface area contributed by atoms with E-state index >= 15 is 0 Å². The predicted octanol–water partition coefficient (Wildman–Crippen LogP) is 5.12. The zero-order chi connectivity index (χ0) is 16.8. The first-order chi connectivity index (χ1) is 11.0. The highest BCUT2D eigenvalue weighted by molar-refractivity contribution is 6.30. The van der Waals surface area contributed by atoms with E-state index in [0.29, 0.717) is 6.61 Å². The number of rotatable bonds is 5. The third-order valence-corrected chi connectivity index (χ3v) is 3.96. The molecule has 0 radical (unpaired) electrons. The average molecular weight is 329 g/mol. The Kier molecular flexibility index (Phi) is 6.00. The lowest BCUT2D eigenvalue weighted by atomic mass is 9.94. The highest BCUT2D eigenvalue weighted by Crippen LogP contribution is 2.22. The molecule has 2 aromatic rings. The molecule has 0 atom stereocenters. The van der Waals surface area contributed by atoms with Crippen LogP contribution in [0, 0.1) is 13.8 Å². The van der Waals surface area contributed by atoms with Gasteiger partial charge < -0.3 is 4.74 Å². The number of esters is 1. The molecule has 0 saturated heterocycles. The Balaban J connectivity index is 2.20. The number of ether oxygens (including phenoxy) is 1. The molecule has 0 spiro atoms. The lowest BCUT2D eigenvalue weighted by Crippen LogP contribution is -1.99. The summed E-state index contributed by atoms with van der Waals surface area (Å²) in [6.07, 6.45) is 4.14. The standard InChI is InChI=1S/C20H21ClO2/c1-4-23-20(22)10-7-17-11-14(2)19(15(3)12-17)13-16-5-8-18(21)9-6-16/h5-12H,4,13H2,1-3H3. The van der Waals surface area contributed by atoms with E-state index in [1.54, 1.807) is 13.0 Å².